The number of benzene rings is 1. The molecule has 2 rings (SSSR count). The lowest BCUT2D eigenvalue weighted by molar-refractivity contribution is -0.120. The summed E-state index contributed by atoms with van der Waals surface area (Å²) in [5, 5.41) is 6.05. The number of amides is 1. The van der Waals surface area contributed by atoms with Crippen LogP contribution in [0.1, 0.15) is 26.3 Å². The number of anilines is 1. The van der Waals surface area contributed by atoms with Crippen LogP contribution >= 0.6 is 0 Å². The molecule has 19 heavy (non-hydrogen) atoms. The minimum absolute atomic E-state index is 0.0387. The standard InChI is InChI=1S/C15H22N2O2/c1-15(2,3)11-4-6-12(7-5-11)17-14(18)13-10-19-9-8-16-13/h4-7,13,16H,8-10H2,1-3H3,(H,17,18). The molecule has 1 aromatic carbocycles. The summed E-state index contributed by atoms with van der Waals surface area (Å²) in [5.74, 6) is -0.0387. The van der Waals surface area contributed by atoms with E-state index in [0.29, 0.717) is 13.2 Å². The third-order valence-electron chi connectivity index (χ3n) is 3.26. The number of rotatable bonds is 2. The van der Waals surface area contributed by atoms with E-state index in [2.05, 4.69) is 43.5 Å². The van der Waals surface area contributed by atoms with E-state index in [1.165, 1.54) is 5.56 Å². The van der Waals surface area contributed by atoms with Gasteiger partial charge in [-0.2, -0.15) is 0 Å². The zero-order valence-corrected chi connectivity index (χ0v) is 11.8. The van der Waals surface area contributed by atoms with Gasteiger partial charge in [-0.05, 0) is 23.1 Å². The summed E-state index contributed by atoms with van der Waals surface area (Å²) in [4.78, 5) is 12.0. The van der Waals surface area contributed by atoms with Crippen LogP contribution in [-0.4, -0.2) is 31.7 Å². The average Bonchev–Trinajstić information content (AvgIpc) is 2.39. The predicted molar refractivity (Wildman–Crippen MR) is 76.4 cm³/mol. The molecule has 0 bridgehead atoms. The second-order valence-electron chi connectivity index (χ2n) is 5.90. The van der Waals surface area contributed by atoms with Crippen molar-refractivity contribution in [2.75, 3.05) is 25.1 Å². The largest absolute Gasteiger partial charge is 0.378 e. The molecular formula is C15H22N2O2. The van der Waals surface area contributed by atoms with Gasteiger partial charge in [-0.3, -0.25) is 4.79 Å². The maximum Gasteiger partial charge on any atom is 0.243 e. The van der Waals surface area contributed by atoms with Crippen molar-refractivity contribution in [1.82, 2.24) is 5.32 Å². The maximum absolute atomic E-state index is 12.0. The van der Waals surface area contributed by atoms with Crippen molar-refractivity contribution < 1.29 is 9.53 Å². The van der Waals surface area contributed by atoms with Crippen molar-refractivity contribution in [3.8, 4) is 0 Å². The zero-order valence-electron chi connectivity index (χ0n) is 11.8. The number of carbonyl (C=O) groups is 1. The summed E-state index contributed by atoms with van der Waals surface area (Å²) in [6.07, 6.45) is 0. The molecule has 4 heteroatoms. The molecule has 1 aliphatic heterocycles. The molecule has 1 saturated heterocycles. The summed E-state index contributed by atoms with van der Waals surface area (Å²) >= 11 is 0. The van der Waals surface area contributed by atoms with Crippen LogP contribution in [-0.2, 0) is 14.9 Å². The molecule has 1 fully saturated rings. The van der Waals surface area contributed by atoms with Crippen LogP contribution in [0.2, 0.25) is 0 Å². The maximum atomic E-state index is 12.0. The number of morpholine rings is 1. The zero-order chi connectivity index (χ0) is 13.9. The van der Waals surface area contributed by atoms with Gasteiger partial charge in [-0.1, -0.05) is 32.9 Å². The third kappa shape index (κ3) is 3.78. The molecule has 1 amide bonds. The van der Waals surface area contributed by atoms with Gasteiger partial charge in [0, 0.05) is 12.2 Å². The van der Waals surface area contributed by atoms with Crippen LogP contribution in [0.25, 0.3) is 0 Å². The first-order valence-corrected chi connectivity index (χ1v) is 6.69. The molecule has 1 heterocycles. The molecule has 104 valence electrons. The highest BCUT2D eigenvalue weighted by Gasteiger charge is 2.21. The van der Waals surface area contributed by atoms with Gasteiger partial charge >= 0.3 is 0 Å². The number of hydrogen-bond donors (Lipinski definition) is 2. The minimum atomic E-state index is -0.254. The van der Waals surface area contributed by atoms with E-state index >= 15 is 0 Å². The Morgan fingerprint density at radius 2 is 2.00 bits per heavy atom. The van der Waals surface area contributed by atoms with Crippen molar-refractivity contribution in [2.24, 2.45) is 0 Å². The summed E-state index contributed by atoms with van der Waals surface area (Å²) < 4.78 is 5.28. The Bertz CT molecular complexity index is 428. The Kier molecular flexibility index (Phi) is 4.22. The smallest absolute Gasteiger partial charge is 0.243 e. The van der Waals surface area contributed by atoms with Crippen LogP contribution in [0.5, 0.6) is 0 Å². The second-order valence-corrected chi connectivity index (χ2v) is 5.90. The van der Waals surface area contributed by atoms with Crippen LogP contribution < -0.4 is 10.6 Å². The summed E-state index contributed by atoms with van der Waals surface area (Å²) in [7, 11) is 0. The summed E-state index contributed by atoms with van der Waals surface area (Å²) in [5.41, 5.74) is 2.20. The van der Waals surface area contributed by atoms with E-state index in [4.69, 9.17) is 4.74 Å². The fourth-order valence-electron chi connectivity index (χ4n) is 2.02. The Balaban J connectivity index is 1.97. The lowest BCUT2D eigenvalue weighted by Gasteiger charge is -2.23. The lowest BCUT2D eigenvalue weighted by Crippen LogP contribution is -2.48. The second kappa shape index (κ2) is 5.72. The molecule has 0 radical (unpaired) electrons. The van der Waals surface area contributed by atoms with E-state index < -0.39 is 0 Å². The van der Waals surface area contributed by atoms with Gasteiger partial charge in [-0.25, -0.2) is 0 Å². The van der Waals surface area contributed by atoms with Crippen LogP contribution in [0.3, 0.4) is 0 Å². The highest BCUT2D eigenvalue weighted by Crippen LogP contribution is 2.23. The van der Waals surface area contributed by atoms with E-state index in [9.17, 15) is 4.79 Å². The molecule has 0 saturated carbocycles. The average molecular weight is 262 g/mol. The molecule has 0 aromatic heterocycles. The Morgan fingerprint density at radius 1 is 1.32 bits per heavy atom. The van der Waals surface area contributed by atoms with Crippen molar-refractivity contribution >= 4 is 11.6 Å². The van der Waals surface area contributed by atoms with Gasteiger partial charge in [0.15, 0.2) is 0 Å². The molecule has 1 aliphatic rings. The van der Waals surface area contributed by atoms with Crippen molar-refractivity contribution in [1.29, 1.82) is 0 Å². The first-order valence-electron chi connectivity index (χ1n) is 6.69. The summed E-state index contributed by atoms with van der Waals surface area (Å²) in [6, 6.07) is 7.75. The van der Waals surface area contributed by atoms with Crippen molar-refractivity contribution in [3.63, 3.8) is 0 Å². The van der Waals surface area contributed by atoms with E-state index in [1.54, 1.807) is 0 Å². The quantitative estimate of drug-likeness (QED) is 0.856. The molecule has 0 aliphatic carbocycles. The molecule has 1 unspecified atom stereocenters. The first-order chi connectivity index (χ1) is 8.97. The predicted octanol–water partition coefficient (Wildman–Crippen LogP) is 1.91. The molecule has 4 nitrogen and oxygen atoms in total. The molecule has 1 atom stereocenters. The summed E-state index contributed by atoms with van der Waals surface area (Å²) in [6.45, 7) is 8.34. The number of ether oxygens (including phenoxy) is 1. The fourth-order valence-corrected chi connectivity index (χ4v) is 2.02. The van der Waals surface area contributed by atoms with Gasteiger partial charge in [0.2, 0.25) is 5.91 Å². The van der Waals surface area contributed by atoms with Crippen LogP contribution in [0.15, 0.2) is 24.3 Å². The molecule has 1 aromatic rings. The lowest BCUT2D eigenvalue weighted by atomic mass is 9.87. The Morgan fingerprint density at radius 3 is 2.53 bits per heavy atom. The molecule has 2 N–H and O–H groups in total. The van der Waals surface area contributed by atoms with Gasteiger partial charge in [0.05, 0.1) is 13.2 Å². The monoisotopic (exact) mass is 262 g/mol. The third-order valence-corrected chi connectivity index (χ3v) is 3.26. The van der Waals surface area contributed by atoms with Gasteiger partial charge in [0.1, 0.15) is 6.04 Å². The van der Waals surface area contributed by atoms with Crippen molar-refractivity contribution in [3.05, 3.63) is 29.8 Å². The SMILES string of the molecule is CC(C)(C)c1ccc(NC(=O)C2COCCN2)cc1. The van der Waals surface area contributed by atoms with E-state index in [1.807, 2.05) is 12.1 Å². The minimum Gasteiger partial charge on any atom is -0.378 e. The van der Waals surface area contributed by atoms with E-state index in [0.717, 1.165) is 12.2 Å². The highest BCUT2D eigenvalue weighted by atomic mass is 16.5. The number of carbonyl (C=O) groups excluding carboxylic acids is 1. The topological polar surface area (TPSA) is 50.4 Å². The fraction of sp³-hybridized carbons (Fsp3) is 0.533. The first kappa shape index (κ1) is 14.0. The van der Waals surface area contributed by atoms with Crippen molar-refractivity contribution in [2.45, 2.75) is 32.2 Å². The van der Waals surface area contributed by atoms with Crippen LogP contribution in [0, 0.1) is 0 Å². The Hall–Kier alpha value is -1.39. The molecule has 0 spiro atoms. The van der Waals surface area contributed by atoms with E-state index in [-0.39, 0.29) is 17.4 Å². The molecular weight excluding hydrogens is 240 g/mol. The van der Waals surface area contributed by atoms with Crippen LogP contribution in [0.4, 0.5) is 5.69 Å². The number of nitrogens with one attached hydrogen (secondary N) is 2. The van der Waals surface area contributed by atoms with Gasteiger partial charge < -0.3 is 15.4 Å². The Labute approximate surface area is 114 Å². The number of hydrogen-bond acceptors (Lipinski definition) is 3. The highest BCUT2D eigenvalue weighted by molar-refractivity contribution is 5.95. The van der Waals surface area contributed by atoms with Gasteiger partial charge in [-0.15, -0.1) is 0 Å². The van der Waals surface area contributed by atoms with Gasteiger partial charge in [0.25, 0.3) is 0 Å². The normalized spacial score (nSPS) is 20.1.